The van der Waals surface area contributed by atoms with Gasteiger partial charge in [-0.25, -0.2) is 19.7 Å². The first-order chi connectivity index (χ1) is 17.0. The van der Waals surface area contributed by atoms with E-state index >= 15 is 0 Å². The smallest absolute Gasteiger partial charge is 0.327 e. The number of aromatic amines is 2. The number of ketones is 1. The van der Waals surface area contributed by atoms with E-state index < -0.39 is 0 Å². The topological polar surface area (TPSA) is 130 Å². The molecular formula is C24H21N7O3S. The van der Waals surface area contributed by atoms with Crippen molar-refractivity contribution >= 4 is 44.3 Å². The van der Waals surface area contributed by atoms with Gasteiger partial charge < -0.3 is 9.88 Å². The van der Waals surface area contributed by atoms with Gasteiger partial charge in [0.2, 0.25) is 5.78 Å². The predicted octanol–water partition coefficient (Wildman–Crippen LogP) is 2.80. The maximum Gasteiger partial charge on any atom is 0.327 e. The Morgan fingerprint density at radius 3 is 2.74 bits per heavy atom. The van der Waals surface area contributed by atoms with Gasteiger partial charge in [0.1, 0.15) is 17.8 Å². The summed E-state index contributed by atoms with van der Waals surface area (Å²) in [5.41, 5.74) is 3.64. The van der Waals surface area contributed by atoms with Gasteiger partial charge >= 0.3 is 10.6 Å². The van der Waals surface area contributed by atoms with Crippen molar-refractivity contribution in [3.8, 4) is 0 Å². The molecule has 0 unspecified atom stereocenters. The van der Waals surface area contributed by atoms with Crippen molar-refractivity contribution in [1.29, 1.82) is 0 Å². The first kappa shape index (κ1) is 21.4. The molecule has 6 rings (SSSR count). The number of thiazole rings is 1. The van der Waals surface area contributed by atoms with Crippen LogP contribution < -0.4 is 15.5 Å². The molecule has 5 heterocycles. The normalized spacial score (nSPS) is 14.7. The molecule has 1 aromatic carbocycles. The largest absolute Gasteiger partial charge is 0.356 e. The van der Waals surface area contributed by atoms with Crippen molar-refractivity contribution in [3.63, 3.8) is 0 Å². The SMILES string of the molecule is Cc1cc(C(=O)c2cc(N3CCC(n4c(=O)[nH]c5ncccc54)CC3)ncn2)cc2sc(=O)[nH]c12. The molecule has 1 aliphatic heterocycles. The second kappa shape index (κ2) is 8.27. The number of aryl methyl sites for hydroxylation is 1. The van der Waals surface area contributed by atoms with E-state index in [2.05, 4.69) is 29.8 Å². The summed E-state index contributed by atoms with van der Waals surface area (Å²) in [6.07, 6.45) is 4.59. The number of nitrogens with zero attached hydrogens (tertiary/aromatic N) is 5. The number of rotatable bonds is 4. The monoisotopic (exact) mass is 487 g/mol. The van der Waals surface area contributed by atoms with E-state index in [0.717, 1.165) is 45.5 Å². The number of piperidine rings is 1. The summed E-state index contributed by atoms with van der Waals surface area (Å²) in [6, 6.07) is 9.01. The van der Waals surface area contributed by atoms with E-state index in [4.69, 9.17) is 0 Å². The lowest BCUT2D eigenvalue weighted by atomic mass is 10.0. The van der Waals surface area contributed by atoms with Crippen molar-refractivity contribution in [2.75, 3.05) is 18.0 Å². The van der Waals surface area contributed by atoms with E-state index in [1.807, 2.05) is 19.1 Å². The fraction of sp³-hybridized carbons (Fsp3) is 0.250. The number of anilines is 1. The van der Waals surface area contributed by atoms with Crippen LogP contribution in [0.3, 0.4) is 0 Å². The third kappa shape index (κ3) is 3.73. The molecule has 0 amide bonds. The molecule has 0 saturated carbocycles. The Morgan fingerprint density at radius 2 is 1.91 bits per heavy atom. The van der Waals surface area contributed by atoms with Crippen LogP contribution in [0.2, 0.25) is 0 Å². The van der Waals surface area contributed by atoms with E-state index in [1.165, 1.54) is 6.33 Å². The van der Waals surface area contributed by atoms with Gasteiger partial charge in [-0.05, 0) is 49.6 Å². The third-order valence-electron chi connectivity index (χ3n) is 6.52. The molecule has 0 radical (unpaired) electrons. The lowest BCUT2D eigenvalue weighted by Crippen LogP contribution is -2.37. The van der Waals surface area contributed by atoms with Crippen LogP contribution in [0.5, 0.6) is 0 Å². The van der Waals surface area contributed by atoms with Crippen molar-refractivity contribution in [2.24, 2.45) is 0 Å². The number of carbonyl (C=O) groups excluding carboxylic acids is 1. The molecule has 11 heteroatoms. The van der Waals surface area contributed by atoms with Crippen LogP contribution >= 0.6 is 11.3 Å². The minimum absolute atomic E-state index is 0.0582. The Bertz CT molecular complexity index is 1710. The van der Waals surface area contributed by atoms with Gasteiger partial charge in [-0.15, -0.1) is 0 Å². The molecule has 1 saturated heterocycles. The fourth-order valence-corrected chi connectivity index (χ4v) is 5.67. The number of hydrogen-bond acceptors (Lipinski definition) is 8. The van der Waals surface area contributed by atoms with E-state index in [-0.39, 0.29) is 22.4 Å². The van der Waals surface area contributed by atoms with Gasteiger partial charge in [0, 0.05) is 37.0 Å². The molecule has 10 nitrogen and oxygen atoms in total. The summed E-state index contributed by atoms with van der Waals surface area (Å²) in [5, 5.41) is 0. The van der Waals surface area contributed by atoms with Gasteiger partial charge in [-0.1, -0.05) is 11.3 Å². The standard InChI is InChI=1S/C24H21N7O3S/c1-13-9-14(10-18-20(13)28-24(34)35-18)21(32)16-11-19(27-12-26-16)30-7-4-15(5-8-30)31-17-3-2-6-25-22(17)29-23(31)33/h2-3,6,9-12,15H,4-5,7-8H2,1H3,(H,28,34)(H,25,29,33). The highest BCUT2D eigenvalue weighted by Crippen LogP contribution is 2.28. The number of H-pyrrole nitrogens is 2. The molecule has 4 aromatic heterocycles. The number of carbonyl (C=O) groups is 1. The van der Waals surface area contributed by atoms with Gasteiger partial charge in [0.25, 0.3) is 0 Å². The van der Waals surface area contributed by atoms with Gasteiger partial charge in [0.05, 0.1) is 15.7 Å². The Labute approximate surface area is 202 Å². The van der Waals surface area contributed by atoms with Crippen LogP contribution in [-0.2, 0) is 0 Å². The summed E-state index contributed by atoms with van der Waals surface area (Å²) in [4.78, 5) is 57.9. The molecular weight excluding hydrogens is 466 g/mol. The van der Waals surface area contributed by atoms with Crippen molar-refractivity contribution in [3.05, 3.63) is 79.8 Å². The molecule has 1 fully saturated rings. The van der Waals surface area contributed by atoms with Crippen LogP contribution in [0.25, 0.3) is 21.4 Å². The summed E-state index contributed by atoms with van der Waals surface area (Å²) in [5.74, 6) is 0.464. The lowest BCUT2D eigenvalue weighted by molar-refractivity contribution is 0.103. The number of imidazole rings is 1. The highest BCUT2D eigenvalue weighted by molar-refractivity contribution is 7.16. The van der Waals surface area contributed by atoms with Crippen LogP contribution in [0.15, 0.2) is 52.4 Å². The van der Waals surface area contributed by atoms with Crippen LogP contribution in [0.1, 0.15) is 40.5 Å². The molecule has 2 N–H and O–H groups in total. The van der Waals surface area contributed by atoms with Gasteiger partial charge in [0.15, 0.2) is 5.65 Å². The summed E-state index contributed by atoms with van der Waals surface area (Å²) in [7, 11) is 0. The average molecular weight is 488 g/mol. The number of hydrogen-bond donors (Lipinski definition) is 2. The highest BCUT2D eigenvalue weighted by Gasteiger charge is 2.25. The second-order valence-electron chi connectivity index (χ2n) is 8.66. The van der Waals surface area contributed by atoms with Gasteiger partial charge in [-0.3, -0.25) is 19.1 Å². The van der Waals surface area contributed by atoms with Gasteiger partial charge in [-0.2, -0.15) is 0 Å². The maximum atomic E-state index is 13.2. The zero-order chi connectivity index (χ0) is 24.1. The zero-order valence-corrected chi connectivity index (χ0v) is 19.6. The number of fused-ring (bicyclic) bond motifs is 2. The van der Waals surface area contributed by atoms with Crippen LogP contribution in [0.4, 0.5) is 5.82 Å². The van der Waals surface area contributed by atoms with Crippen molar-refractivity contribution < 1.29 is 4.79 Å². The minimum atomic E-state index is -0.216. The summed E-state index contributed by atoms with van der Waals surface area (Å²) < 4.78 is 2.54. The third-order valence-corrected chi connectivity index (χ3v) is 7.35. The first-order valence-corrected chi connectivity index (χ1v) is 12.1. The molecule has 1 aliphatic rings. The highest BCUT2D eigenvalue weighted by atomic mass is 32.1. The fourth-order valence-electron chi connectivity index (χ4n) is 4.82. The van der Waals surface area contributed by atoms with Crippen molar-refractivity contribution in [1.82, 2.24) is 29.5 Å². The average Bonchev–Trinajstić information content (AvgIpc) is 3.42. The molecule has 0 atom stereocenters. The molecule has 35 heavy (non-hydrogen) atoms. The zero-order valence-electron chi connectivity index (χ0n) is 18.8. The molecule has 5 aromatic rings. The van der Waals surface area contributed by atoms with Crippen LogP contribution in [-0.4, -0.2) is 48.4 Å². The Morgan fingerprint density at radius 1 is 1.09 bits per heavy atom. The predicted molar refractivity (Wildman–Crippen MR) is 133 cm³/mol. The number of nitrogens with one attached hydrogen (secondary N) is 2. The number of benzene rings is 1. The first-order valence-electron chi connectivity index (χ1n) is 11.3. The Balaban J connectivity index is 1.23. The van der Waals surface area contributed by atoms with E-state index in [9.17, 15) is 14.4 Å². The summed E-state index contributed by atoms with van der Waals surface area (Å²) >= 11 is 1.08. The maximum absolute atomic E-state index is 13.2. The van der Waals surface area contributed by atoms with Crippen LogP contribution in [0, 0.1) is 6.92 Å². The number of aromatic nitrogens is 6. The van der Waals surface area contributed by atoms with E-state index in [1.54, 1.807) is 29.0 Å². The molecule has 176 valence electrons. The summed E-state index contributed by atoms with van der Waals surface area (Å²) in [6.45, 7) is 3.25. The lowest BCUT2D eigenvalue weighted by Gasteiger charge is -2.33. The van der Waals surface area contributed by atoms with Crippen molar-refractivity contribution in [2.45, 2.75) is 25.8 Å². The quantitative estimate of drug-likeness (QED) is 0.373. The minimum Gasteiger partial charge on any atom is -0.356 e. The van der Waals surface area contributed by atoms with E-state index in [0.29, 0.717) is 35.8 Å². The molecule has 0 spiro atoms. The number of pyridine rings is 1. The second-order valence-corrected chi connectivity index (χ2v) is 9.68. The Hall–Kier alpha value is -4.12. The Kier molecular flexibility index (Phi) is 5.06. The molecule has 0 aliphatic carbocycles. The molecule has 0 bridgehead atoms.